The third kappa shape index (κ3) is 5.77. The van der Waals surface area contributed by atoms with Crippen LogP contribution >= 0.6 is 0 Å². The average Bonchev–Trinajstić information content (AvgIpc) is 2.75. The molecule has 0 unspecified atom stereocenters. The lowest BCUT2D eigenvalue weighted by molar-refractivity contribution is 0.0953. The molecule has 142 valence electrons. The number of benzene rings is 2. The van der Waals surface area contributed by atoms with E-state index in [1.807, 2.05) is 60.7 Å². The molecule has 0 atom stereocenters. The van der Waals surface area contributed by atoms with Crippen LogP contribution in [-0.2, 0) is 12.8 Å². The van der Waals surface area contributed by atoms with Crippen LogP contribution in [0, 0.1) is 0 Å². The number of carbonyl (C=O) groups is 2. The zero-order valence-electron chi connectivity index (χ0n) is 15.6. The van der Waals surface area contributed by atoms with Gasteiger partial charge in [0.05, 0.1) is 11.1 Å². The Morgan fingerprint density at radius 1 is 0.679 bits per heavy atom. The van der Waals surface area contributed by atoms with Crippen molar-refractivity contribution in [1.82, 2.24) is 15.6 Å². The Morgan fingerprint density at radius 2 is 1.11 bits per heavy atom. The lowest BCUT2D eigenvalue weighted by Crippen LogP contribution is -2.28. The molecule has 1 heterocycles. The van der Waals surface area contributed by atoms with Gasteiger partial charge in [-0.2, -0.15) is 0 Å². The van der Waals surface area contributed by atoms with Gasteiger partial charge in [0.1, 0.15) is 0 Å². The van der Waals surface area contributed by atoms with Crippen molar-refractivity contribution < 1.29 is 9.59 Å². The predicted octanol–water partition coefficient (Wildman–Crippen LogP) is 3.03. The largest absolute Gasteiger partial charge is 0.352 e. The van der Waals surface area contributed by atoms with Crippen molar-refractivity contribution in [2.75, 3.05) is 13.1 Å². The molecule has 0 bridgehead atoms. The van der Waals surface area contributed by atoms with E-state index in [0.29, 0.717) is 24.2 Å². The molecule has 3 rings (SSSR count). The number of hydrogen-bond acceptors (Lipinski definition) is 3. The quantitative estimate of drug-likeness (QED) is 0.638. The van der Waals surface area contributed by atoms with Crippen LogP contribution in [0.3, 0.4) is 0 Å². The van der Waals surface area contributed by atoms with Crippen LogP contribution in [0.4, 0.5) is 0 Å². The second-order valence-corrected chi connectivity index (χ2v) is 6.45. The summed E-state index contributed by atoms with van der Waals surface area (Å²) in [5.41, 5.74) is 3.08. The molecule has 2 aromatic carbocycles. The van der Waals surface area contributed by atoms with Gasteiger partial charge >= 0.3 is 0 Å². The van der Waals surface area contributed by atoms with E-state index in [2.05, 4.69) is 15.6 Å². The van der Waals surface area contributed by atoms with Crippen molar-refractivity contribution in [3.63, 3.8) is 0 Å². The number of pyridine rings is 1. The standard InChI is InChI=1S/C23H23N3O2/c27-22(25-13-11-18-7-3-1-4-8-18)20-15-21(17-24-16-20)23(28)26-14-12-19-9-5-2-6-10-19/h1-10,15-17H,11-14H2,(H,25,27)(H,26,28). The van der Waals surface area contributed by atoms with Crippen LogP contribution in [0.5, 0.6) is 0 Å². The highest BCUT2D eigenvalue weighted by Crippen LogP contribution is 2.04. The second-order valence-electron chi connectivity index (χ2n) is 6.45. The molecule has 0 aliphatic rings. The van der Waals surface area contributed by atoms with E-state index in [-0.39, 0.29) is 11.8 Å². The van der Waals surface area contributed by atoms with Gasteiger partial charge in [-0.05, 0) is 30.0 Å². The van der Waals surface area contributed by atoms with E-state index in [1.165, 1.54) is 12.4 Å². The third-order valence-electron chi connectivity index (χ3n) is 4.35. The smallest absolute Gasteiger partial charge is 0.252 e. The molecule has 0 aliphatic carbocycles. The van der Waals surface area contributed by atoms with E-state index in [4.69, 9.17) is 0 Å². The summed E-state index contributed by atoms with van der Waals surface area (Å²) in [4.78, 5) is 28.7. The molecule has 5 nitrogen and oxygen atoms in total. The van der Waals surface area contributed by atoms with E-state index >= 15 is 0 Å². The van der Waals surface area contributed by atoms with Gasteiger partial charge in [-0.1, -0.05) is 60.7 Å². The van der Waals surface area contributed by atoms with Crippen LogP contribution in [0.15, 0.2) is 79.1 Å². The molecule has 0 aliphatic heterocycles. The lowest BCUT2D eigenvalue weighted by atomic mass is 10.1. The summed E-state index contributed by atoms with van der Waals surface area (Å²) in [6.07, 6.45) is 4.44. The number of nitrogens with one attached hydrogen (secondary N) is 2. The maximum Gasteiger partial charge on any atom is 0.252 e. The van der Waals surface area contributed by atoms with Crippen LogP contribution < -0.4 is 10.6 Å². The first-order chi connectivity index (χ1) is 13.7. The highest BCUT2D eigenvalue weighted by molar-refractivity contribution is 5.99. The molecule has 2 N–H and O–H groups in total. The summed E-state index contributed by atoms with van der Waals surface area (Å²) in [6, 6.07) is 21.5. The number of aromatic nitrogens is 1. The Balaban J connectivity index is 1.49. The van der Waals surface area contributed by atoms with Crippen molar-refractivity contribution in [2.45, 2.75) is 12.8 Å². The van der Waals surface area contributed by atoms with Gasteiger partial charge in [-0.3, -0.25) is 14.6 Å². The van der Waals surface area contributed by atoms with Gasteiger partial charge in [-0.25, -0.2) is 0 Å². The van der Waals surface area contributed by atoms with E-state index in [0.717, 1.165) is 24.0 Å². The molecular formula is C23H23N3O2. The molecular weight excluding hydrogens is 350 g/mol. The van der Waals surface area contributed by atoms with Crippen molar-refractivity contribution in [3.8, 4) is 0 Å². The first-order valence-electron chi connectivity index (χ1n) is 9.31. The van der Waals surface area contributed by atoms with Crippen LogP contribution in [0.25, 0.3) is 0 Å². The molecule has 5 heteroatoms. The summed E-state index contributed by atoms with van der Waals surface area (Å²) in [5.74, 6) is -0.468. The van der Waals surface area contributed by atoms with Gasteiger partial charge in [0, 0.05) is 25.5 Å². The molecule has 1 aromatic heterocycles. The topological polar surface area (TPSA) is 71.1 Å². The summed E-state index contributed by atoms with van der Waals surface area (Å²) < 4.78 is 0. The Bertz CT molecular complexity index is 839. The molecule has 0 spiro atoms. The fraction of sp³-hybridized carbons (Fsp3) is 0.174. The van der Waals surface area contributed by atoms with Crippen molar-refractivity contribution in [2.24, 2.45) is 0 Å². The van der Waals surface area contributed by atoms with Gasteiger partial charge in [0.25, 0.3) is 11.8 Å². The number of hydrogen-bond donors (Lipinski definition) is 2. The Hall–Kier alpha value is -3.47. The van der Waals surface area contributed by atoms with Gasteiger partial charge < -0.3 is 10.6 Å². The molecule has 0 fully saturated rings. The van der Waals surface area contributed by atoms with Crippen molar-refractivity contribution >= 4 is 11.8 Å². The molecule has 2 amide bonds. The maximum absolute atomic E-state index is 12.3. The molecule has 0 radical (unpaired) electrons. The van der Waals surface area contributed by atoms with Crippen LogP contribution in [-0.4, -0.2) is 29.9 Å². The Labute approximate surface area is 164 Å². The molecule has 3 aromatic rings. The third-order valence-corrected chi connectivity index (χ3v) is 4.35. The Morgan fingerprint density at radius 3 is 1.54 bits per heavy atom. The zero-order valence-corrected chi connectivity index (χ0v) is 15.6. The van der Waals surface area contributed by atoms with Crippen molar-refractivity contribution in [1.29, 1.82) is 0 Å². The van der Waals surface area contributed by atoms with Gasteiger partial charge in [0.2, 0.25) is 0 Å². The number of rotatable bonds is 8. The molecule has 0 saturated carbocycles. The average molecular weight is 373 g/mol. The second kappa shape index (κ2) is 10.0. The van der Waals surface area contributed by atoms with Crippen LogP contribution in [0.2, 0.25) is 0 Å². The number of nitrogens with zero attached hydrogens (tertiary/aromatic N) is 1. The monoisotopic (exact) mass is 373 g/mol. The minimum Gasteiger partial charge on any atom is -0.352 e. The minimum atomic E-state index is -0.234. The Kier molecular flexibility index (Phi) is 6.90. The van der Waals surface area contributed by atoms with E-state index in [9.17, 15) is 9.59 Å². The molecule has 0 saturated heterocycles. The van der Waals surface area contributed by atoms with Crippen LogP contribution in [0.1, 0.15) is 31.8 Å². The zero-order chi connectivity index (χ0) is 19.6. The van der Waals surface area contributed by atoms with Crippen molar-refractivity contribution in [3.05, 3.63) is 101 Å². The lowest BCUT2D eigenvalue weighted by Gasteiger charge is -2.08. The predicted molar refractivity (Wildman–Crippen MR) is 109 cm³/mol. The SMILES string of the molecule is O=C(NCCc1ccccc1)c1cncc(C(=O)NCCc2ccccc2)c1. The van der Waals surface area contributed by atoms with Gasteiger partial charge in [-0.15, -0.1) is 0 Å². The van der Waals surface area contributed by atoms with Gasteiger partial charge in [0.15, 0.2) is 0 Å². The highest BCUT2D eigenvalue weighted by Gasteiger charge is 2.11. The molecule has 28 heavy (non-hydrogen) atoms. The number of carbonyl (C=O) groups excluding carboxylic acids is 2. The maximum atomic E-state index is 12.3. The van der Waals surface area contributed by atoms with E-state index < -0.39 is 0 Å². The number of amides is 2. The summed E-state index contributed by atoms with van der Waals surface area (Å²) in [6.45, 7) is 1.05. The summed E-state index contributed by atoms with van der Waals surface area (Å²) in [5, 5.41) is 5.74. The summed E-state index contributed by atoms with van der Waals surface area (Å²) >= 11 is 0. The first kappa shape index (κ1) is 19.3. The van der Waals surface area contributed by atoms with E-state index in [1.54, 1.807) is 6.07 Å². The first-order valence-corrected chi connectivity index (χ1v) is 9.31. The normalized spacial score (nSPS) is 10.3. The highest BCUT2D eigenvalue weighted by atomic mass is 16.2. The summed E-state index contributed by atoms with van der Waals surface area (Å²) in [7, 11) is 0. The fourth-order valence-corrected chi connectivity index (χ4v) is 2.82. The minimum absolute atomic E-state index is 0.234. The fourth-order valence-electron chi connectivity index (χ4n) is 2.82.